The van der Waals surface area contributed by atoms with Gasteiger partial charge in [-0.15, -0.1) is 0 Å². The van der Waals surface area contributed by atoms with Crippen molar-refractivity contribution in [3.8, 4) is 23.7 Å². The zero-order valence-electron chi connectivity index (χ0n) is 20.6. The Morgan fingerprint density at radius 3 is 1.49 bits per heavy atom. The maximum Gasteiger partial charge on any atom is 0.224 e. The van der Waals surface area contributed by atoms with Crippen LogP contribution in [-0.2, 0) is 27.5 Å². The lowest BCUT2D eigenvalue weighted by atomic mass is 10.1. The lowest BCUT2D eigenvalue weighted by Crippen LogP contribution is -2.09. The molecule has 0 bridgehead atoms. The fourth-order valence-electron chi connectivity index (χ4n) is 3.19. The highest BCUT2D eigenvalue weighted by Crippen LogP contribution is 2.15. The maximum atomic E-state index is 12.0. The van der Waals surface area contributed by atoms with E-state index in [0.717, 1.165) is 33.4 Å². The van der Waals surface area contributed by atoms with Crippen LogP contribution in [0.1, 0.15) is 60.6 Å². The molecular formula is C31H31NO3. The Kier molecular flexibility index (Phi) is 10.1. The van der Waals surface area contributed by atoms with E-state index in [1.54, 1.807) is 0 Å². The van der Waals surface area contributed by atoms with Crippen molar-refractivity contribution in [1.29, 1.82) is 0 Å². The number of anilines is 1. The van der Waals surface area contributed by atoms with Crippen LogP contribution in [0.15, 0.2) is 66.7 Å². The molecule has 1 amide bonds. The van der Waals surface area contributed by atoms with Crippen LogP contribution >= 0.6 is 0 Å². The molecule has 0 aliphatic rings. The van der Waals surface area contributed by atoms with Gasteiger partial charge in [-0.05, 0) is 67.4 Å². The van der Waals surface area contributed by atoms with Crippen LogP contribution in [0.25, 0.3) is 0 Å². The summed E-state index contributed by atoms with van der Waals surface area (Å²) in [5.41, 5.74) is 6.31. The van der Waals surface area contributed by atoms with E-state index in [4.69, 9.17) is 9.47 Å². The summed E-state index contributed by atoms with van der Waals surface area (Å²) in [4.78, 5) is 12.0. The summed E-state index contributed by atoms with van der Waals surface area (Å²) in [6.07, 6.45) is 0.402. The predicted molar refractivity (Wildman–Crippen MR) is 141 cm³/mol. The summed E-state index contributed by atoms with van der Waals surface area (Å²) in [6, 6.07) is 21.7. The average Bonchev–Trinajstić information content (AvgIpc) is 2.89. The molecule has 1 N–H and O–H groups in total. The molecule has 4 heteroatoms. The molecule has 0 aliphatic carbocycles. The van der Waals surface area contributed by atoms with E-state index in [2.05, 4.69) is 29.0 Å². The Balaban J connectivity index is 1.83. The number of benzene rings is 3. The van der Waals surface area contributed by atoms with E-state index in [1.165, 1.54) is 0 Å². The minimum atomic E-state index is -0.0520. The Hall–Kier alpha value is -3.83. The van der Waals surface area contributed by atoms with Gasteiger partial charge in [0.25, 0.3) is 0 Å². The van der Waals surface area contributed by atoms with Crippen LogP contribution in [0.2, 0.25) is 0 Å². The quantitative estimate of drug-likeness (QED) is 0.421. The van der Waals surface area contributed by atoms with Crippen molar-refractivity contribution >= 4 is 11.6 Å². The van der Waals surface area contributed by atoms with Crippen molar-refractivity contribution in [3.63, 3.8) is 0 Å². The number of hydrogen-bond donors (Lipinski definition) is 1. The van der Waals surface area contributed by atoms with Gasteiger partial charge in [0.1, 0.15) is 0 Å². The zero-order chi connectivity index (χ0) is 24.9. The van der Waals surface area contributed by atoms with Gasteiger partial charge in [-0.25, -0.2) is 0 Å². The van der Waals surface area contributed by atoms with Crippen molar-refractivity contribution in [3.05, 3.63) is 100 Å². The summed E-state index contributed by atoms with van der Waals surface area (Å²) < 4.78 is 10.9. The molecule has 0 saturated heterocycles. The normalized spacial score (nSPS) is 10.0. The van der Waals surface area contributed by atoms with Crippen molar-refractivity contribution in [2.24, 2.45) is 0 Å². The Labute approximate surface area is 208 Å². The van der Waals surface area contributed by atoms with E-state index in [-0.39, 0.29) is 5.91 Å². The second-order valence-corrected chi connectivity index (χ2v) is 7.87. The maximum absolute atomic E-state index is 12.0. The van der Waals surface area contributed by atoms with E-state index in [0.29, 0.717) is 38.5 Å². The van der Waals surface area contributed by atoms with E-state index in [1.807, 2.05) is 87.5 Å². The number of ether oxygens (including phenoxy) is 2. The van der Waals surface area contributed by atoms with Gasteiger partial charge >= 0.3 is 0 Å². The number of hydrogen-bond acceptors (Lipinski definition) is 3. The highest BCUT2D eigenvalue weighted by atomic mass is 16.5. The summed E-state index contributed by atoms with van der Waals surface area (Å²) in [5, 5.41) is 2.92. The topological polar surface area (TPSA) is 47.6 Å². The molecule has 3 aromatic rings. The molecule has 0 radical (unpaired) electrons. The van der Waals surface area contributed by atoms with E-state index in [9.17, 15) is 4.79 Å². The summed E-state index contributed by atoms with van der Waals surface area (Å²) in [7, 11) is 0. The van der Waals surface area contributed by atoms with Gasteiger partial charge in [-0.2, -0.15) is 0 Å². The molecule has 0 unspecified atom stereocenters. The molecule has 35 heavy (non-hydrogen) atoms. The second-order valence-electron chi connectivity index (χ2n) is 7.87. The monoisotopic (exact) mass is 465 g/mol. The van der Waals surface area contributed by atoms with Crippen molar-refractivity contribution in [1.82, 2.24) is 0 Å². The Bertz CT molecular complexity index is 1150. The third-order valence-electron chi connectivity index (χ3n) is 5.09. The van der Waals surface area contributed by atoms with Gasteiger partial charge in [-0.3, -0.25) is 4.79 Å². The molecule has 4 nitrogen and oxygen atoms in total. The van der Waals surface area contributed by atoms with Crippen LogP contribution in [0.5, 0.6) is 0 Å². The minimum Gasteiger partial charge on any atom is -0.377 e. The van der Waals surface area contributed by atoms with Crippen LogP contribution in [0.3, 0.4) is 0 Å². The van der Waals surface area contributed by atoms with Gasteiger partial charge < -0.3 is 14.8 Å². The highest BCUT2D eigenvalue weighted by molar-refractivity contribution is 5.90. The van der Waals surface area contributed by atoms with Crippen molar-refractivity contribution < 1.29 is 14.3 Å². The molecule has 3 aromatic carbocycles. The number of carbonyl (C=O) groups excluding carboxylic acids is 1. The molecule has 0 saturated carbocycles. The third kappa shape index (κ3) is 8.80. The van der Waals surface area contributed by atoms with Gasteiger partial charge in [0.2, 0.25) is 5.91 Å². The fourth-order valence-corrected chi connectivity index (χ4v) is 3.19. The van der Waals surface area contributed by atoms with Gasteiger partial charge in [0.05, 0.1) is 13.2 Å². The molecule has 0 aliphatic heterocycles. The van der Waals surface area contributed by atoms with Crippen LogP contribution in [-0.4, -0.2) is 19.1 Å². The minimum absolute atomic E-state index is 0.0520. The first-order valence-electron chi connectivity index (χ1n) is 11.9. The summed E-state index contributed by atoms with van der Waals surface area (Å²) in [6.45, 7) is 8.36. The molecular weight excluding hydrogens is 434 g/mol. The van der Waals surface area contributed by atoms with Crippen LogP contribution < -0.4 is 5.32 Å². The standard InChI is InChI=1S/C31H31NO3/c1-4-31(33)32-30-20-28(17-11-24-7-13-26(14-8-24)22-34-5-2)19-29(21-30)18-12-25-9-15-27(16-10-25)23-35-6-3/h7-10,13-16,19-21H,4-6,22-23H2,1-3H3,(H,32,33). The first-order valence-corrected chi connectivity index (χ1v) is 11.9. The second kappa shape index (κ2) is 13.8. The summed E-state index contributed by atoms with van der Waals surface area (Å²) in [5.74, 6) is 12.8. The molecule has 0 fully saturated rings. The SMILES string of the molecule is CCOCc1ccc(C#Cc2cc(C#Cc3ccc(COCC)cc3)cc(NC(=O)CC)c2)cc1. The average molecular weight is 466 g/mol. The Morgan fingerprint density at radius 1 is 0.657 bits per heavy atom. The van der Waals surface area contributed by atoms with Crippen molar-refractivity contribution in [2.45, 2.75) is 40.4 Å². The lowest BCUT2D eigenvalue weighted by Gasteiger charge is -2.05. The number of rotatable bonds is 8. The number of nitrogens with one attached hydrogen (secondary N) is 1. The molecule has 0 aromatic heterocycles. The van der Waals surface area contributed by atoms with Gasteiger partial charge in [0.15, 0.2) is 0 Å². The largest absolute Gasteiger partial charge is 0.377 e. The van der Waals surface area contributed by atoms with Gasteiger partial charge in [0, 0.05) is 47.6 Å². The molecule has 0 atom stereocenters. The van der Waals surface area contributed by atoms with Crippen LogP contribution in [0, 0.1) is 23.7 Å². The summed E-state index contributed by atoms with van der Waals surface area (Å²) >= 11 is 0. The molecule has 0 heterocycles. The first-order chi connectivity index (χ1) is 17.1. The third-order valence-corrected chi connectivity index (χ3v) is 5.09. The Morgan fingerprint density at radius 2 is 1.09 bits per heavy atom. The van der Waals surface area contributed by atoms with Gasteiger partial charge in [-0.1, -0.05) is 54.9 Å². The lowest BCUT2D eigenvalue weighted by molar-refractivity contribution is -0.115. The van der Waals surface area contributed by atoms with E-state index >= 15 is 0 Å². The van der Waals surface area contributed by atoms with E-state index < -0.39 is 0 Å². The number of carbonyl (C=O) groups is 1. The predicted octanol–water partition coefficient (Wildman–Crippen LogP) is 5.91. The fraction of sp³-hybridized carbons (Fsp3) is 0.258. The number of amides is 1. The zero-order valence-corrected chi connectivity index (χ0v) is 20.6. The van der Waals surface area contributed by atoms with Crippen molar-refractivity contribution in [2.75, 3.05) is 18.5 Å². The highest BCUT2D eigenvalue weighted by Gasteiger charge is 2.03. The molecule has 3 rings (SSSR count). The van der Waals surface area contributed by atoms with Crippen LogP contribution in [0.4, 0.5) is 5.69 Å². The molecule has 178 valence electrons. The smallest absolute Gasteiger partial charge is 0.224 e. The first kappa shape index (κ1) is 25.8. The molecule has 0 spiro atoms.